The van der Waals surface area contributed by atoms with Crippen molar-refractivity contribution >= 4 is 48.7 Å². The highest BCUT2D eigenvalue weighted by atomic mass is 79.9. The van der Waals surface area contributed by atoms with E-state index in [0.29, 0.717) is 0 Å². The first-order valence-electron chi connectivity index (χ1n) is 6.33. The Hall–Kier alpha value is -0.750. The molecule has 1 nitrogen and oxygen atoms in total. The summed E-state index contributed by atoms with van der Waals surface area (Å²) in [4.78, 5) is 1.21. The average molecular weight is 370 g/mol. The highest BCUT2D eigenvalue weighted by molar-refractivity contribution is 9.10. The smallest absolute Gasteiger partial charge is 0.123 e. The fourth-order valence-corrected chi connectivity index (χ4v) is 4.93. The molecule has 2 heterocycles. The lowest BCUT2D eigenvalue weighted by Gasteiger charge is -2.15. The molecule has 0 fully saturated rings. The molecule has 0 bridgehead atoms. The van der Waals surface area contributed by atoms with E-state index in [1.807, 2.05) is 6.07 Å². The molecule has 0 aliphatic heterocycles. The maximum Gasteiger partial charge on any atom is 0.123 e. The van der Waals surface area contributed by atoms with Gasteiger partial charge in [0.15, 0.2) is 0 Å². The third-order valence-electron chi connectivity index (χ3n) is 3.14. The molecule has 1 aromatic carbocycles. The average Bonchev–Trinajstić information content (AvgIpc) is 3.01. The molecule has 0 amide bonds. The van der Waals surface area contributed by atoms with Crippen LogP contribution in [0.15, 0.2) is 39.5 Å². The van der Waals surface area contributed by atoms with Gasteiger partial charge in [-0.25, -0.2) is 4.39 Å². The number of hydrogen-bond acceptors (Lipinski definition) is 3. The third kappa shape index (κ3) is 2.68. The van der Waals surface area contributed by atoms with E-state index in [4.69, 9.17) is 0 Å². The van der Waals surface area contributed by atoms with Crippen LogP contribution < -0.4 is 5.32 Å². The Morgan fingerprint density at radius 1 is 1.30 bits per heavy atom. The summed E-state index contributed by atoms with van der Waals surface area (Å²) in [5.74, 6) is -0.182. The van der Waals surface area contributed by atoms with Gasteiger partial charge in [-0.15, -0.1) is 11.3 Å². The molecule has 0 aliphatic carbocycles. The lowest BCUT2D eigenvalue weighted by atomic mass is 10.1. The van der Waals surface area contributed by atoms with Crippen molar-refractivity contribution in [1.82, 2.24) is 5.32 Å². The van der Waals surface area contributed by atoms with Gasteiger partial charge in [0, 0.05) is 19.4 Å². The first kappa shape index (κ1) is 14.2. The summed E-state index contributed by atoms with van der Waals surface area (Å²) in [6, 6.07) is 7.21. The number of thiophene rings is 2. The molecule has 0 aliphatic rings. The third-order valence-corrected chi connectivity index (χ3v) is 6.08. The molecule has 1 N–H and O–H groups in total. The van der Waals surface area contributed by atoms with Crippen LogP contribution in [0.1, 0.15) is 23.4 Å². The van der Waals surface area contributed by atoms with Crippen LogP contribution in [0.4, 0.5) is 4.39 Å². The van der Waals surface area contributed by atoms with Gasteiger partial charge in [0.05, 0.1) is 6.04 Å². The summed E-state index contributed by atoms with van der Waals surface area (Å²) < 4.78 is 15.6. The summed E-state index contributed by atoms with van der Waals surface area (Å²) in [6.45, 7) is 2.98. The maximum absolute atomic E-state index is 13.3. The zero-order valence-corrected chi connectivity index (χ0v) is 14.0. The van der Waals surface area contributed by atoms with Crippen molar-refractivity contribution < 1.29 is 4.39 Å². The quantitative estimate of drug-likeness (QED) is 0.634. The molecule has 1 unspecified atom stereocenters. The second-order valence-electron chi connectivity index (χ2n) is 4.50. The van der Waals surface area contributed by atoms with Crippen molar-refractivity contribution in [2.75, 3.05) is 6.54 Å². The standard InChI is InChI=1S/C15H13BrFNS2/c1-2-18-15(11-7-19-8-12(11)16)14-6-9-5-10(17)3-4-13(9)20-14/h3-8,15,18H,2H2,1H3. The first-order chi connectivity index (χ1) is 9.69. The molecule has 0 spiro atoms. The Kier molecular flexibility index (Phi) is 4.21. The zero-order valence-electron chi connectivity index (χ0n) is 10.8. The molecule has 104 valence electrons. The van der Waals surface area contributed by atoms with E-state index in [1.54, 1.807) is 28.7 Å². The predicted octanol–water partition coefficient (Wildman–Crippen LogP) is 5.56. The second kappa shape index (κ2) is 5.93. The van der Waals surface area contributed by atoms with E-state index in [0.717, 1.165) is 21.1 Å². The van der Waals surface area contributed by atoms with Crippen LogP contribution in [0.25, 0.3) is 10.1 Å². The Bertz CT molecular complexity index is 734. The highest BCUT2D eigenvalue weighted by Gasteiger charge is 2.19. The molecule has 0 saturated heterocycles. The van der Waals surface area contributed by atoms with Crippen molar-refractivity contribution in [3.05, 3.63) is 55.8 Å². The summed E-state index contributed by atoms with van der Waals surface area (Å²) in [7, 11) is 0. The van der Waals surface area contributed by atoms with Crippen LogP contribution in [0.5, 0.6) is 0 Å². The molecule has 2 aromatic heterocycles. The lowest BCUT2D eigenvalue weighted by Crippen LogP contribution is -2.20. The summed E-state index contributed by atoms with van der Waals surface area (Å²) in [6.07, 6.45) is 0. The summed E-state index contributed by atoms with van der Waals surface area (Å²) in [5, 5.41) is 8.73. The molecule has 20 heavy (non-hydrogen) atoms. The van der Waals surface area contributed by atoms with Crippen molar-refractivity contribution in [3.63, 3.8) is 0 Å². The van der Waals surface area contributed by atoms with Crippen LogP contribution in [0.2, 0.25) is 0 Å². The molecule has 0 radical (unpaired) electrons. The molecule has 3 aromatic rings. The van der Waals surface area contributed by atoms with E-state index in [9.17, 15) is 4.39 Å². The molecule has 0 saturated carbocycles. The van der Waals surface area contributed by atoms with Gasteiger partial charge in [-0.05, 0) is 63.1 Å². The van der Waals surface area contributed by atoms with Crippen LogP contribution in [0, 0.1) is 5.82 Å². The van der Waals surface area contributed by atoms with Crippen LogP contribution in [0.3, 0.4) is 0 Å². The normalized spacial score (nSPS) is 12.9. The predicted molar refractivity (Wildman–Crippen MR) is 89.3 cm³/mol. The Labute approximate surface area is 133 Å². The minimum atomic E-state index is -0.182. The molecular formula is C15H13BrFNS2. The topological polar surface area (TPSA) is 12.0 Å². The van der Waals surface area contributed by atoms with Gasteiger partial charge in [0.1, 0.15) is 5.82 Å². The zero-order chi connectivity index (χ0) is 14.1. The summed E-state index contributed by atoms with van der Waals surface area (Å²) in [5.41, 5.74) is 1.24. The van der Waals surface area contributed by atoms with E-state index in [2.05, 4.69) is 45.0 Å². The molecule has 1 atom stereocenters. The second-order valence-corrected chi connectivity index (χ2v) is 7.21. The van der Waals surface area contributed by atoms with Gasteiger partial charge in [-0.3, -0.25) is 0 Å². The maximum atomic E-state index is 13.3. The number of fused-ring (bicyclic) bond motifs is 1. The van der Waals surface area contributed by atoms with Crippen molar-refractivity contribution in [1.29, 1.82) is 0 Å². The minimum absolute atomic E-state index is 0.154. The van der Waals surface area contributed by atoms with E-state index < -0.39 is 0 Å². The fourth-order valence-electron chi connectivity index (χ4n) is 2.24. The minimum Gasteiger partial charge on any atom is -0.306 e. The highest BCUT2D eigenvalue weighted by Crippen LogP contribution is 2.37. The van der Waals surface area contributed by atoms with E-state index >= 15 is 0 Å². The van der Waals surface area contributed by atoms with Gasteiger partial charge >= 0.3 is 0 Å². The molecule has 3 rings (SSSR count). The van der Waals surface area contributed by atoms with Crippen molar-refractivity contribution in [2.24, 2.45) is 0 Å². The van der Waals surface area contributed by atoms with Crippen LogP contribution >= 0.6 is 38.6 Å². The van der Waals surface area contributed by atoms with Crippen molar-refractivity contribution in [3.8, 4) is 0 Å². The van der Waals surface area contributed by atoms with E-state index in [1.165, 1.54) is 16.5 Å². The molecule has 5 heteroatoms. The van der Waals surface area contributed by atoms with Gasteiger partial charge in [-0.2, -0.15) is 11.3 Å². The Morgan fingerprint density at radius 3 is 2.85 bits per heavy atom. The SMILES string of the molecule is CCNC(c1cc2cc(F)ccc2s1)c1cscc1Br. The lowest BCUT2D eigenvalue weighted by molar-refractivity contribution is 0.629. The number of halogens is 2. The Morgan fingerprint density at radius 2 is 2.15 bits per heavy atom. The first-order valence-corrected chi connectivity index (χ1v) is 8.88. The van der Waals surface area contributed by atoms with Gasteiger partial charge < -0.3 is 5.32 Å². The van der Waals surface area contributed by atoms with E-state index in [-0.39, 0.29) is 11.9 Å². The van der Waals surface area contributed by atoms with Gasteiger partial charge in [0.25, 0.3) is 0 Å². The fraction of sp³-hybridized carbons (Fsp3) is 0.200. The monoisotopic (exact) mass is 369 g/mol. The largest absolute Gasteiger partial charge is 0.306 e. The number of benzene rings is 1. The van der Waals surface area contributed by atoms with Crippen LogP contribution in [-0.2, 0) is 0 Å². The summed E-state index contributed by atoms with van der Waals surface area (Å²) >= 11 is 7.00. The van der Waals surface area contributed by atoms with Gasteiger partial charge in [0.2, 0.25) is 0 Å². The Balaban J connectivity index is 2.07. The van der Waals surface area contributed by atoms with Gasteiger partial charge in [-0.1, -0.05) is 6.92 Å². The number of hydrogen-bond donors (Lipinski definition) is 1. The number of rotatable bonds is 4. The number of nitrogens with one attached hydrogen (secondary N) is 1. The van der Waals surface area contributed by atoms with Crippen LogP contribution in [-0.4, -0.2) is 6.54 Å². The molecular weight excluding hydrogens is 357 g/mol. The van der Waals surface area contributed by atoms with Crippen molar-refractivity contribution in [2.45, 2.75) is 13.0 Å².